The molecule has 4 heteroatoms. The van der Waals surface area contributed by atoms with E-state index in [0.29, 0.717) is 6.04 Å². The third-order valence-corrected chi connectivity index (χ3v) is 4.32. The monoisotopic (exact) mass is 285 g/mol. The van der Waals surface area contributed by atoms with Crippen molar-refractivity contribution in [2.75, 3.05) is 13.2 Å². The van der Waals surface area contributed by atoms with Crippen LogP contribution in [0.15, 0.2) is 43.0 Å². The number of aliphatic hydroxyl groups is 1. The van der Waals surface area contributed by atoms with E-state index in [1.54, 1.807) is 6.20 Å². The van der Waals surface area contributed by atoms with Gasteiger partial charge in [0.05, 0.1) is 6.33 Å². The Kier molecular flexibility index (Phi) is 4.68. The first-order valence-corrected chi connectivity index (χ1v) is 7.79. The first-order chi connectivity index (χ1) is 10.4. The van der Waals surface area contributed by atoms with Crippen LogP contribution in [-0.2, 0) is 6.54 Å². The summed E-state index contributed by atoms with van der Waals surface area (Å²) in [5, 5.41) is 9.06. The van der Waals surface area contributed by atoms with Crippen molar-refractivity contribution < 1.29 is 5.11 Å². The zero-order valence-corrected chi connectivity index (χ0v) is 12.4. The molecule has 0 radical (unpaired) electrons. The summed E-state index contributed by atoms with van der Waals surface area (Å²) in [6, 6.07) is 9.38. The van der Waals surface area contributed by atoms with Crippen molar-refractivity contribution in [3.63, 3.8) is 0 Å². The van der Waals surface area contributed by atoms with E-state index >= 15 is 0 Å². The lowest BCUT2D eigenvalue weighted by Gasteiger charge is -2.37. The third-order valence-electron chi connectivity index (χ3n) is 4.32. The summed E-state index contributed by atoms with van der Waals surface area (Å²) >= 11 is 0. The molecule has 112 valence electrons. The molecule has 2 aromatic rings. The average Bonchev–Trinajstić information content (AvgIpc) is 2.98. The molecule has 1 aromatic heterocycles. The molecule has 1 aliphatic rings. The van der Waals surface area contributed by atoms with E-state index in [4.69, 9.17) is 5.11 Å². The Bertz CT molecular complexity index is 532. The number of rotatable bonds is 7. The van der Waals surface area contributed by atoms with Crippen molar-refractivity contribution in [2.45, 2.75) is 38.3 Å². The Balaban J connectivity index is 1.65. The fourth-order valence-electron chi connectivity index (χ4n) is 2.84. The van der Waals surface area contributed by atoms with Gasteiger partial charge >= 0.3 is 0 Å². The van der Waals surface area contributed by atoms with Crippen molar-refractivity contribution in [2.24, 2.45) is 0 Å². The third kappa shape index (κ3) is 3.52. The minimum Gasteiger partial charge on any atom is -0.396 e. The summed E-state index contributed by atoms with van der Waals surface area (Å²) in [7, 11) is 0. The standard InChI is InChI=1S/C17H23N3O/c21-12-2-10-19(16-3-1-4-16)13-15-5-7-17(8-6-15)20-11-9-18-14-20/h5-9,11,14,16,21H,1-4,10,12-13H2. The number of benzene rings is 1. The predicted octanol–water partition coefficient (Wildman–Crippen LogP) is 2.61. The van der Waals surface area contributed by atoms with E-state index in [0.717, 1.165) is 25.2 Å². The summed E-state index contributed by atoms with van der Waals surface area (Å²) in [4.78, 5) is 6.60. The highest BCUT2D eigenvalue weighted by Crippen LogP contribution is 2.26. The minimum atomic E-state index is 0.281. The van der Waals surface area contributed by atoms with E-state index in [9.17, 15) is 0 Å². The molecule has 3 rings (SSSR count). The second-order valence-electron chi connectivity index (χ2n) is 5.77. The molecule has 21 heavy (non-hydrogen) atoms. The fourth-order valence-corrected chi connectivity index (χ4v) is 2.84. The molecule has 0 bridgehead atoms. The van der Waals surface area contributed by atoms with Gasteiger partial charge in [0.15, 0.2) is 0 Å². The second-order valence-corrected chi connectivity index (χ2v) is 5.77. The van der Waals surface area contributed by atoms with Gasteiger partial charge in [0.2, 0.25) is 0 Å². The maximum atomic E-state index is 9.06. The van der Waals surface area contributed by atoms with E-state index in [1.807, 2.05) is 17.1 Å². The Labute approximate surface area is 126 Å². The molecular formula is C17H23N3O. The Morgan fingerprint density at radius 1 is 1.24 bits per heavy atom. The van der Waals surface area contributed by atoms with Crippen molar-refractivity contribution >= 4 is 0 Å². The van der Waals surface area contributed by atoms with E-state index < -0.39 is 0 Å². The minimum absolute atomic E-state index is 0.281. The van der Waals surface area contributed by atoms with Crippen LogP contribution >= 0.6 is 0 Å². The quantitative estimate of drug-likeness (QED) is 0.850. The molecular weight excluding hydrogens is 262 g/mol. The average molecular weight is 285 g/mol. The molecule has 1 aromatic carbocycles. The van der Waals surface area contributed by atoms with Crippen LogP contribution in [0.2, 0.25) is 0 Å². The van der Waals surface area contributed by atoms with Crippen LogP contribution in [0, 0.1) is 0 Å². The first-order valence-electron chi connectivity index (χ1n) is 7.79. The normalized spacial score (nSPS) is 15.3. The van der Waals surface area contributed by atoms with Gasteiger partial charge in [0.25, 0.3) is 0 Å². The highest BCUT2D eigenvalue weighted by Gasteiger charge is 2.24. The summed E-state index contributed by atoms with van der Waals surface area (Å²) in [6.45, 7) is 2.25. The largest absolute Gasteiger partial charge is 0.396 e. The van der Waals surface area contributed by atoms with E-state index in [1.165, 1.54) is 24.8 Å². The molecule has 0 atom stereocenters. The number of imidazole rings is 1. The van der Waals surface area contributed by atoms with Gasteiger partial charge in [-0.1, -0.05) is 18.6 Å². The number of hydrogen-bond acceptors (Lipinski definition) is 3. The Hall–Kier alpha value is -1.65. The number of aromatic nitrogens is 2. The molecule has 1 aliphatic carbocycles. The van der Waals surface area contributed by atoms with E-state index in [2.05, 4.69) is 34.1 Å². The molecule has 4 nitrogen and oxygen atoms in total. The second kappa shape index (κ2) is 6.87. The molecule has 1 heterocycles. The molecule has 0 saturated heterocycles. The van der Waals surface area contributed by atoms with Gasteiger partial charge < -0.3 is 9.67 Å². The molecule has 0 unspecified atom stereocenters. The van der Waals surface area contributed by atoms with Crippen LogP contribution in [0.3, 0.4) is 0 Å². The first kappa shape index (κ1) is 14.3. The summed E-state index contributed by atoms with van der Waals surface area (Å²) in [5.41, 5.74) is 2.48. The number of hydrogen-bond donors (Lipinski definition) is 1. The van der Waals surface area contributed by atoms with Gasteiger partial charge in [-0.15, -0.1) is 0 Å². The molecule has 1 fully saturated rings. The van der Waals surface area contributed by atoms with Crippen LogP contribution < -0.4 is 0 Å². The van der Waals surface area contributed by atoms with Gasteiger partial charge in [0.1, 0.15) is 0 Å². The molecule has 0 amide bonds. The van der Waals surface area contributed by atoms with Gasteiger partial charge in [-0.05, 0) is 37.0 Å². The van der Waals surface area contributed by atoms with Crippen LogP contribution in [-0.4, -0.2) is 38.8 Å². The lowest BCUT2D eigenvalue weighted by molar-refractivity contribution is 0.109. The highest BCUT2D eigenvalue weighted by atomic mass is 16.3. The molecule has 1 N–H and O–H groups in total. The SMILES string of the molecule is OCCCN(Cc1ccc(-n2ccnc2)cc1)C1CCC1. The van der Waals surface area contributed by atoms with Crippen molar-refractivity contribution in [1.82, 2.24) is 14.5 Å². The summed E-state index contributed by atoms with van der Waals surface area (Å²) < 4.78 is 2.01. The number of aliphatic hydroxyl groups excluding tert-OH is 1. The van der Waals surface area contributed by atoms with Crippen molar-refractivity contribution in [3.05, 3.63) is 48.5 Å². The lowest BCUT2D eigenvalue weighted by Crippen LogP contribution is -2.40. The van der Waals surface area contributed by atoms with Crippen molar-refractivity contribution in [1.29, 1.82) is 0 Å². The van der Waals surface area contributed by atoms with Gasteiger partial charge in [-0.3, -0.25) is 4.90 Å². The highest BCUT2D eigenvalue weighted by molar-refractivity contribution is 5.34. The molecule has 1 saturated carbocycles. The van der Waals surface area contributed by atoms with Crippen LogP contribution in [0.4, 0.5) is 0 Å². The summed E-state index contributed by atoms with van der Waals surface area (Å²) in [6.07, 6.45) is 10.4. The summed E-state index contributed by atoms with van der Waals surface area (Å²) in [5.74, 6) is 0. The van der Waals surface area contributed by atoms with Crippen LogP contribution in [0.1, 0.15) is 31.2 Å². The fraction of sp³-hybridized carbons (Fsp3) is 0.471. The van der Waals surface area contributed by atoms with E-state index in [-0.39, 0.29) is 6.61 Å². The zero-order chi connectivity index (χ0) is 14.5. The Morgan fingerprint density at radius 2 is 2.05 bits per heavy atom. The zero-order valence-electron chi connectivity index (χ0n) is 12.4. The van der Waals surface area contributed by atoms with Gasteiger partial charge in [-0.2, -0.15) is 0 Å². The van der Waals surface area contributed by atoms with Gasteiger partial charge in [-0.25, -0.2) is 4.98 Å². The topological polar surface area (TPSA) is 41.3 Å². The maximum Gasteiger partial charge on any atom is 0.0991 e. The smallest absolute Gasteiger partial charge is 0.0991 e. The molecule has 0 spiro atoms. The van der Waals surface area contributed by atoms with Crippen LogP contribution in [0.5, 0.6) is 0 Å². The Morgan fingerprint density at radius 3 is 2.62 bits per heavy atom. The van der Waals surface area contributed by atoms with Gasteiger partial charge in [0, 0.05) is 43.8 Å². The number of nitrogens with zero attached hydrogens (tertiary/aromatic N) is 3. The van der Waals surface area contributed by atoms with Crippen molar-refractivity contribution in [3.8, 4) is 5.69 Å². The predicted molar refractivity (Wildman–Crippen MR) is 83.3 cm³/mol. The lowest BCUT2D eigenvalue weighted by atomic mass is 9.91. The molecule has 0 aliphatic heterocycles. The maximum absolute atomic E-state index is 9.06. The van der Waals surface area contributed by atoms with Crippen LogP contribution in [0.25, 0.3) is 5.69 Å².